The quantitative estimate of drug-likeness (QED) is 0.734. The fourth-order valence-electron chi connectivity index (χ4n) is 3.53. The van der Waals surface area contributed by atoms with Crippen molar-refractivity contribution in [1.82, 2.24) is 0 Å². The molecule has 2 nitrogen and oxygen atoms in total. The zero-order valence-corrected chi connectivity index (χ0v) is 13.9. The van der Waals surface area contributed by atoms with Gasteiger partial charge in [0.15, 0.2) is 5.78 Å². The summed E-state index contributed by atoms with van der Waals surface area (Å²) in [7, 11) is 0. The minimum Gasteiger partial charge on any atom is -0.508 e. The molecule has 0 radical (unpaired) electrons. The molecule has 4 heteroatoms. The first kappa shape index (κ1) is 16.5. The molecule has 0 bridgehead atoms. The Morgan fingerprint density at radius 1 is 0.923 bits per heavy atom. The standard InChI is InChI=1S/C22H16F2O2/c23-16-7-5-15(20(24)12-16)11-13-4-8-17-14(10-13)6-9-18-19(22(17)26)2-1-3-21(18)25/h1-5,7-8,10,12,25H,6,9,11H2. The average Bonchev–Trinajstić information content (AvgIpc) is 2.76. The Bertz CT molecular complexity index is 1020. The van der Waals surface area contributed by atoms with Gasteiger partial charge in [0.05, 0.1) is 0 Å². The lowest BCUT2D eigenvalue weighted by molar-refractivity contribution is 0.103. The molecule has 0 aromatic heterocycles. The number of fused-ring (bicyclic) bond motifs is 2. The maximum Gasteiger partial charge on any atom is 0.193 e. The van der Waals surface area contributed by atoms with E-state index in [0.29, 0.717) is 41.5 Å². The van der Waals surface area contributed by atoms with Gasteiger partial charge in [-0.05, 0) is 41.7 Å². The predicted molar refractivity (Wildman–Crippen MR) is 94.6 cm³/mol. The van der Waals surface area contributed by atoms with Gasteiger partial charge < -0.3 is 5.11 Å². The van der Waals surface area contributed by atoms with Crippen LogP contribution in [0.1, 0.15) is 38.2 Å². The van der Waals surface area contributed by atoms with Crippen LogP contribution in [0.15, 0.2) is 54.6 Å². The number of carbonyl (C=O) groups is 1. The lowest BCUT2D eigenvalue weighted by atomic mass is 9.95. The number of aryl methyl sites for hydroxylation is 1. The molecule has 0 aliphatic heterocycles. The van der Waals surface area contributed by atoms with Crippen LogP contribution in [0.5, 0.6) is 5.75 Å². The largest absolute Gasteiger partial charge is 0.508 e. The summed E-state index contributed by atoms with van der Waals surface area (Å²) in [5, 5.41) is 10.1. The summed E-state index contributed by atoms with van der Waals surface area (Å²) in [5.41, 5.74) is 3.95. The van der Waals surface area contributed by atoms with Crippen molar-refractivity contribution in [1.29, 1.82) is 0 Å². The van der Waals surface area contributed by atoms with E-state index in [2.05, 4.69) is 0 Å². The van der Waals surface area contributed by atoms with Gasteiger partial charge in [-0.3, -0.25) is 4.79 Å². The fraction of sp³-hybridized carbons (Fsp3) is 0.136. The molecular formula is C22H16F2O2. The van der Waals surface area contributed by atoms with Crippen molar-refractivity contribution in [2.45, 2.75) is 19.3 Å². The van der Waals surface area contributed by atoms with Crippen LogP contribution >= 0.6 is 0 Å². The lowest BCUT2D eigenvalue weighted by Gasteiger charge is -2.09. The molecule has 1 aliphatic carbocycles. The maximum atomic E-state index is 13.9. The maximum absolute atomic E-state index is 13.9. The van der Waals surface area contributed by atoms with Crippen molar-refractivity contribution >= 4 is 5.78 Å². The van der Waals surface area contributed by atoms with Crippen LogP contribution in [-0.2, 0) is 19.3 Å². The van der Waals surface area contributed by atoms with E-state index in [1.165, 1.54) is 12.1 Å². The molecule has 1 N–H and O–H groups in total. The van der Waals surface area contributed by atoms with Crippen LogP contribution in [0.25, 0.3) is 0 Å². The highest BCUT2D eigenvalue weighted by molar-refractivity contribution is 6.11. The Morgan fingerprint density at radius 3 is 2.58 bits per heavy atom. The summed E-state index contributed by atoms with van der Waals surface area (Å²) >= 11 is 0. The molecule has 0 amide bonds. The number of aromatic hydroxyl groups is 1. The molecule has 3 aromatic rings. The van der Waals surface area contributed by atoms with Crippen molar-refractivity contribution < 1.29 is 18.7 Å². The van der Waals surface area contributed by atoms with E-state index in [4.69, 9.17) is 0 Å². The van der Waals surface area contributed by atoms with Gasteiger partial charge in [-0.2, -0.15) is 0 Å². The van der Waals surface area contributed by atoms with Crippen molar-refractivity contribution in [2.75, 3.05) is 0 Å². The Morgan fingerprint density at radius 2 is 1.77 bits per heavy atom. The number of benzene rings is 3. The second-order valence-electron chi connectivity index (χ2n) is 6.54. The molecule has 130 valence electrons. The molecule has 0 unspecified atom stereocenters. The Balaban J connectivity index is 1.69. The fourth-order valence-corrected chi connectivity index (χ4v) is 3.53. The predicted octanol–water partition coefficient (Wildman–Crippen LogP) is 4.59. The van der Waals surface area contributed by atoms with Crippen molar-refractivity contribution in [3.05, 3.63) is 99.6 Å². The van der Waals surface area contributed by atoms with Crippen LogP contribution < -0.4 is 0 Å². The number of carbonyl (C=O) groups excluding carboxylic acids is 1. The number of hydrogen-bond donors (Lipinski definition) is 1. The molecule has 4 rings (SSSR count). The summed E-state index contributed by atoms with van der Waals surface area (Å²) in [5.74, 6) is -1.15. The van der Waals surface area contributed by atoms with Gasteiger partial charge in [-0.1, -0.05) is 36.4 Å². The molecule has 0 saturated heterocycles. The molecule has 26 heavy (non-hydrogen) atoms. The molecule has 0 fully saturated rings. The third-order valence-electron chi connectivity index (χ3n) is 4.86. The summed E-state index contributed by atoms with van der Waals surface area (Å²) < 4.78 is 27.0. The first-order valence-electron chi connectivity index (χ1n) is 8.44. The molecule has 1 aliphatic rings. The Hall–Kier alpha value is -3.01. The van der Waals surface area contributed by atoms with Crippen LogP contribution in [0, 0.1) is 11.6 Å². The number of phenolic OH excluding ortho intramolecular Hbond substituents is 1. The van der Waals surface area contributed by atoms with E-state index < -0.39 is 11.6 Å². The molecule has 0 saturated carbocycles. The highest BCUT2D eigenvalue weighted by atomic mass is 19.1. The number of phenols is 1. The third kappa shape index (κ3) is 2.88. The van der Waals surface area contributed by atoms with Crippen LogP contribution in [0.4, 0.5) is 8.78 Å². The Kier molecular flexibility index (Phi) is 4.03. The number of rotatable bonds is 2. The topological polar surface area (TPSA) is 37.3 Å². The van der Waals surface area contributed by atoms with E-state index in [1.807, 2.05) is 6.07 Å². The minimum atomic E-state index is -0.601. The van der Waals surface area contributed by atoms with Gasteiger partial charge in [0.1, 0.15) is 17.4 Å². The SMILES string of the molecule is O=C1c2ccc(Cc3ccc(F)cc3F)cc2CCc2c(O)cccc21. The second kappa shape index (κ2) is 6.37. The molecule has 0 atom stereocenters. The van der Waals surface area contributed by atoms with Gasteiger partial charge in [0.25, 0.3) is 0 Å². The van der Waals surface area contributed by atoms with E-state index >= 15 is 0 Å². The van der Waals surface area contributed by atoms with Gasteiger partial charge in [0.2, 0.25) is 0 Å². The summed E-state index contributed by atoms with van der Waals surface area (Å²) in [6.07, 6.45) is 1.51. The van der Waals surface area contributed by atoms with Gasteiger partial charge in [-0.25, -0.2) is 8.78 Å². The molecule has 0 heterocycles. The number of halogens is 2. The molecular weight excluding hydrogens is 334 g/mol. The van der Waals surface area contributed by atoms with E-state index in [-0.39, 0.29) is 11.5 Å². The summed E-state index contributed by atoms with van der Waals surface area (Å²) in [4.78, 5) is 12.8. The van der Waals surface area contributed by atoms with Crippen molar-refractivity contribution in [3.8, 4) is 5.75 Å². The van der Waals surface area contributed by atoms with Crippen LogP contribution in [-0.4, -0.2) is 10.9 Å². The zero-order chi connectivity index (χ0) is 18.3. The molecule has 0 spiro atoms. The van der Waals surface area contributed by atoms with E-state index in [0.717, 1.165) is 17.2 Å². The summed E-state index contributed by atoms with van der Waals surface area (Å²) in [6, 6.07) is 14.0. The van der Waals surface area contributed by atoms with Crippen molar-refractivity contribution in [2.24, 2.45) is 0 Å². The van der Waals surface area contributed by atoms with Gasteiger partial charge in [-0.15, -0.1) is 0 Å². The highest BCUT2D eigenvalue weighted by Crippen LogP contribution is 2.30. The molecule has 3 aromatic carbocycles. The summed E-state index contributed by atoms with van der Waals surface area (Å²) in [6.45, 7) is 0. The minimum absolute atomic E-state index is 0.108. The van der Waals surface area contributed by atoms with Crippen molar-refractivity contribution in [3.63, 3.8) is 0 Å². The van der Waals surface area contributed by atoms with Crippen LogP contribution in [0.3, 0.4) is 0 Å². The first-order chi connectivity index (χ1) is 12.5. The monoisotopic (exact) mass is 350 g/mol. The first-order valence-corrected chi connectivity index (χ1v) is 8.44. The van der Waals surface area contributed by atoms with E-state index in [1.54, 1.807) is 30.3 Å². The average molecular weight is 350 g/mol. The smallest absolute Gasteiger partial charge is 0.193 e. The normalized spacial score (nSPS) is 13.1. The zero-order valence-electron chi connectivity index (χ0n) is 13.9. The van der Waals surface area contributed by atoms with Crippen LogP contribution in [0.2, 0.25) is 0 Å². The highest BCUT2D eigenvalue weighted by Gasteiger charge is 2.23. The van der Waals surface area contributed by atoms with E-state index in [9.17, 15) is 18.7 Å². The third-order valence-corrected chi connectivity index (χ3v) is 4.86. The lowest BCUT2D eigenvalue weighted by Crippen LogP contribution is -2.05. The Labute approximate surface area is 149 Å². The second-order valence-corrected chi connectivity index (χ2v) is 6.54. The number of hydrogen-bond acceptors (Lipinski definition) is 2. The van der Waals surface area contributed by atoms with Gasteiger partial charge in [0, 0.05) is 29.2 Å². The van der Waals surface area contributed by atoms with Gasteiger partial charge >= 0.3 is 0 Å². The number of ketones is 1.